The molecule has 2 amide bonds. The summed E-state index contributed by atoms with van der Waals surface area (Å²) in [6.07, 6.45) is 3.24. The van der Waals surface area contributed by atoms with Gasteiger partial charge in [-0.1, -0.05) is 13.0 Å². The van der Waals surface area contributed by atoms with Crippen molar-refractivity contribution in [2.45, 2.75) is 39.2 Å². The largest absolute Gasteiger partial charge is 0.350 e. The summed E-state index contributed by atoms with van der Waals surface area (Å²) in [6, 6.07) is 10.2. The number of amides is 2. The summed E-state index contributed by atoms with van der Waals surface area (Å²) in [5, 5.41) is 5.28. The van der Waals surface area contributed by atoms with Crippen LogP contribution in [0, 0.1) is 5.92 Å². The Morgan fingerprint density at radius 2 is 2.00 bits per heavy atom. The molecule has 5 nitrogen and oxygen atoms in total. The van der Waals surface area contributed by atoms with E-state index in [1.165, 1.54) is 17.7 Å². The molecule has 0 saturated carbocycles. The monoisotopic (exact) mass is 411 g/mol. The maximum Gasteiger partial charge on any atom is 0.251 e. The van der Waals surface area contributed by atoms with E-state index in [4.69, 9.17) is 0 Å². The van der Waals surface area contributed by atoms with E-state index in [0.717, 1.165) is 36.7 Å². The highest BCUT2D eigenvalue weighted by atomic mass is 32.1. The SMILES string of the molecule is CC(=O)N1CCc2cc(C(=O)NCC(c3cccs3)N3CCC(C)CC3)ccc21. The smallest absolute Gasteiger partial charge is 0.251 e. The van der Waals surface area contributed by atoms with E-state index in [1.807, 2.05) is 18.2 Å². The Kier molecular flexibility index (Phi) is 6.01. The van der Waals surface area contributed by atoms with Gasteiger partial charge in [-0.15, -0.1) is 11.3 Å². The molecular weight excluding hydrogens is 382 g/mol. The second-order valence-electron chi connectivity index (χ2n) is 8.22. The van der Waals surface area contributed by atoms with Crippen LogP contribution in [0.5, 0.6) is 0 Å². The molecule has 154 valence electrons. The number of nitrogens with zero attached hydrogens (tertiary/aromatic N) is 2. The maximum absolute atomic E-state index is 12.9. The first-order valence-electron chi connectivity index (χ1n) is 10.5. The first-order chi connectivity index (χ1) is 14.0. The molecule has 4 rings (SSSR count). The van der Waals surface area contributed by atoms with Crippen LogP contribution in [0.25, 0.3) is 0 Å². The summed E-state index contributed by atoms with van der Waals surface area (Å²) < 4.78 is 0. The van der Waals surface area contributed by atoms with E-state index in [-0.39, 0.29) is 17.9 Å². The van der Waals surface area contributed by atoms with Crippen molar-refractivity contribution in [2.75, 3.05) is 31.1 Å². The Labute approximate surface area is 176 Å². The van der Waals surface area contributed by atoms with Crippen LogP contribution in [-0.4, -0.2) is 42.9 Å². The molecule has 0 aliphatic carbocycles. The van der Waals surface area contributed by atoms with Gasteiger partial charge in [0.25, 0.3) is 5.91 Å². The average Bonchev–Trinajstić information content (AvgIpc) is 3.38. The number of hydrogen-bond acceptors (Lipinski definition) is 4. The molecule has 1 saturated heterocycles. The second kappa shape index (κ2) is 8.67. The highest BCUT2D eigenvalue weighted by Gasteiger charge is 2.27. The van der Waals surface area contributed by atoms with Crippen LogP contribution in [0.1, 0.15) is 53.5 Å². The van der Waals surface area contributed by atoms with Crippen LogP contribution in [0.4, 0.5) is 5.69 Å². The molecule has 6 heteroatoms. The molecule has 1 aromatic carbocycles. The summed E-state index contributed by atoms with van der Waals surface area (Å²) in [5.74, 6) is 0.794. The predicted molar refractivity (Wildman–Crippen MR) is 118 cm³/mol. The fourth-order valence-electron chi connectivity index (χ4n) is 4.39. The zero-order chi connectivity index (χ0) is 20.4. The van der Waals surface area contributed by atoms with Gasteiger partial charge in [-0.05, 0) is 73.5 Å². The molecule has 0 bridgehead atoms. The van der Waals surface area contributed by atoms with E-state index < -0.39 is 0 Å². The zero-order valence-electron chi connectivity index (χ0n) is 17.2. The molecule has 29 heavy (non-hydrogen) atoms. The number of thiophene rings is 1. The lowest BCUT2D eigenvalue weighted by Gasteiger charge is -2.36. The minimum atomic E-state index is -0.0407. The Hall–Kier alpha value is -2.18. The van der Waals surface area contributed by atoms with E-state index >= 15 is 0 Å². The number of anilines is 1. The topological polar surface area (TPSA) is 52.7 Å². The lowest BCUT2D eigenvalue weighted by Crippen LogP contribution is -2.41. The summed E-state index contributed by atoms with van der Waals surface area (Å²) in [4.78, 5) is 30.2. The average molecular weight is 412 g/mol. The number of piperidine rings is 1. The van der Waals surface area contributed by atoms with Crippen LogP contribution in [-0.2, 0) is 11.2 Å². The molecule has 1 atom stereocenters. The predicted octanol–water partition coefficient (Wildman–Crippen LogP) is 3.86. The van der Waals surface area contributed by atoms with E-state index in [9.17, 15) is 9.59 Å². The van der Waals surface area contributed by atoms with Crippen molar-refractivity contribution in [2.24, 2.45) is 5.92 Å². The molecule has 0 spiro atoms. The number of likely N-dealkylation sites (tertiary alicyclic amines) is 1. The Morgan fingerprint density at radius 1 is 1.21 bits per heavy atom. The van der Waals surface area contributed by atoms with Crippen LogP contribution in [0.15, 0.2) is 35.7 Å². The van der Waals surface area contributed by atoms with Crippen LogP contribution >= 0.6 is 11.3 Å². The van der Waals surface area contributed by atoms with E-state index in [2.05, 4.69) is 34.7 Å². The molecule has 3 heterocycles. The van der Waals surface area contributed by atoms with Gasteiger partial charge < -0.3 is 10.2 Å². The van der Waals surface area contributed by atoms with Crippen molar-refractivity contribution < 1.29 is 9.59 Å². The van der Waals surface area contributed by atoms with Crippen molar-refractivity contribution in [3.63, 3.8) is 0 Å². The zero-order valence-corrected chi connectivity index (χ0v) is 18.0. The fraction of sp³-hybridized carbons (Fsp3) is 0.478. The molecule has 1 N–H and O–H groups in total. The van der Waals surface area contributed by atoms with Crippen LogP contribution < -0.4 is 10.2 Å². The number of carbonyl (C=O) groups is 2. The van der Waals surface area contributed by atoms with Gasteiger partial charge in [0.05, 0.1) is 6.04 Å². The lowest BCUT2D eigenvalue weighted by molar-refractivity contribution is -0.116. The minimum Gasteiger partial charge on any atom is -0.350 e. The third-order valence-electron chi connectivity index (χ3n) is 6.20. The molecular formula is C23H29N3O2S. The van der Waals surface area contributed by atoms with Crippen molar-refractivity contribution in [1.29, 1.82) is 0 Å². The van der Waals surface area contributed by atoms with Gasteiger partial charge in [0.15, 0.2) is 0 Å². The Morgan fingerprint density at radius 3 is 2.69 bits per heavy atom. The summed E-state index contributed by atoms with van der Waals surface area (Å²) in [7, 11) is 0. The molecule has 2 aliphatic heterocycles. The third-order valence-corrected chi connectivity index (χ3v) is 7.18. The fourth-order valence-corrected chi connectivity index (χ4v) is 5.25. The Balaban J connectivity index is 1.44. The minimum absolute atomic E-state index is 0.0407. The third kappa shape index (κ3) is 4.38. The van der Waals surface area contributed by atoms with Crippen molar-refractivity contribution >= 4 is 28.8 Å². The number of nitrogens with one attached hydrogen (secondary N) is 1. The highest BCUT2D eigenvalue weighted by Crippen LogP contribution is 2.30. The van der Waals surface area contributed by atoms with Gasteiger partial charge in [-0.2, -0.15) is 0 Å². The van der Waals surface area contributed by atoms with Gasteiger partial charge in [-0.3, -0.25) is 14.5 Å². The van der Waals surface area contributed by atoms with Gasteiger partial charge >= 0.3 is 0 Å². The molecule has 2 aliphatic rings. The number of rotatable bonds is 5. The van der Waals surface area contributed by atoms with E-state index in [1.54, 1.807) is 23.2 Å². The summed E-state index contributed by atoms with van der Waals surface area (Å²) in [6.45, 7) is 7.38. The lowest BCUT2D eigenvalue weighted by atomic mass is 9.97. The second-order valence-corrected chi connectivity index (χ2v) is 9.20. The Bertz CT molecular complexity index is 872. The van der Waals surface area contributed by atoms with Gasteiger partial charge in [-0.25, -0.2) is 0 Å². The number of carbonyl (C=O) groups excluding carboxylic acids is 2. The summed E-state index contributed by atoms with van der Waals surface area (Å²) >= 11 is 1.76. The van der Waals surface area contributed by atoms with Gasteiger partial charge in [0, 0.05) is 36.1 Å². The number of benzene rings is 1. The van der Waals surface area contributed by atoms with Gasteiger partial charge in [0.2, 0.25) is 5.91 Å². The van der Waals surface area contributed by atoms with Crippen molar-refractivity contribution in [3.05, 3.63) is 51.7 Å². The highest BCUT2D eigenvalue weighted by molar-refractivity contribution is 7.10. The van der Waals surface area contributed by atoms with Gasteiger partial charge in [0.1, 0.15) is 0 Å². The first kappa shape index (κ1) is 20.1. The number of fused-ring (bicyclic) bond motifs is 1. The maximum atomic E-state index is 12.9. The molecule has 1 fully saturated rings. The number of hydrogen-bond donors (Lipinski definition) is 1. The van der Waals surface area contributed by atoms with Crippen LogP contribution in [0.3, 0.4) is 0 Å². The molecule has 0 radical (unpaired) electrons. The van der Waals surface area contributed by atoms with E-state index in [0.29, 0.717) is 18.7 Å². The van der Waals surface area contributed by atoms with Crippen molar-refractivity contribution in [1.82, 2.24) is 10.2 Å². The molecule has 1 aromatic heterocycles. The normalized spacial score (nSPS) is 18.5. The molecule has 1 unspecified atom stereocenters. The first-order valence-corrected chi connectivity index (χ1v) is 11.4. The molecule has 2 aromatic rings. The van der Waals surface area contributed by atoms with Crippen molar-refractivity contribution in [3.8, 4) is 0 Å². The quantitative estimate of drug-likeness (QED) is 0.813. The summed E-state index contributed by atoms with van der Waals surface area (Å²) in [5.41, 5.74) is 2.69. The van der Waals surface area contributed by atoms with Crippen LogP contribution in [0.2, 0.25) is 0 Å². The standard InChI is InChI=1S/C23H29N3O2S/c1-16-7-10-25(11-8-16)21(22-4-3-13-29-22)15-24-23(28)19-5-6-20-18(14-19)9-12-26(20)17(2)27/h3-6,13-14,16,21H,7-12,15H2,1-2H3,(H,24,28).